The van der Waals surface area contributed by atoms with Crippen molar-refractivity contribution in [2.24, 2.45) is 0 Å². The Labute approximate surface area is 287 Å². The summed E-state index contributed by atoms with van der Waals surface area (Å²) in [5.41, 5.74) is 10.7. The van der Waals surface area contributed by atoms with Gasteiger partial charge in [-0.3, -0.25) is 0 Å². The SMILES string of the molecule is c1ccc(-c2c3ccccc3c(-c3ccc4cc(-c5cc6oc7ccccc7c6c6oc7ccccc7c56)ccc4c3)c3ccccc23)cc1. The number of hydrogen-bond donors (Lipinski definition) is 0. The van der Waals surface area contributed by atoms with Crippen LogP contribution >= 0.6 is 0 Å². The Morgan fingerprint density at radius 1 is 0.300 bits per heavy atom. The van der Waals surface area contributed by atoms with E-state index < -0.39 is 0 Å². The molecule has 0 aliphatic heterocycles. The summed E-state index contributed by atoms with van der Waals surface area (Å²) >= 11 is 0. The summed E-state index contributed by atoms with van der Waals surface area (Å²) < 4.78 is 13.0. The molecule has 0 aliphatic rings. The number of benzene rings is 9. The van der Waals surface area contributed by atoms with Crippen molar-refractivity contribution in [1.82, 2.24) is 0 Å². The van der Waals surface area contributed by atoms with Crippen LogP contribution in [0.25, 0.3) is 110 Å². The average molecular weight is 637 g/mol. The molecule has 2 heteroatoms. The van der Waals surface area contributed by atoms with Crippen molar-refractivity contribution < 1.29 is 8.83 Å². The fraction of sp³-hybridized carbons (Fsp3) is 0. The number of fused-ring (bicyclic) bond motifs is 10. The molecule has 0 radical (unpaired) electrons. The van der Waals surface area contributed by atoms with E-state index in [0.717, 1.165) is 55.0 Å². The van der Waals surface area contributed by atoms with Crippen molar-refractivity contribution in [3.8, 4) is 33.4 Å². The molecule has 0 atom stereocenters. The highest BCUT2D eigenvalue weighted by atomic mass is 16.3. The van der Waals surface area contributed by atoms with Crippen molar-refractivity contribution in [3.05, 3.63) is 170 Å². The van der Waals surface area contributed by atoms with Crippen LogP contribution in [0.1, 0.15) is 0 Å². The highest BCUT2D eigenvalue weighted by Crippen LogP contribution is 2.46. The molecule has 0 saturated heterocycles. The minimum Gasteiger partial charge on any atom is -0.456 e. The van der Waals surface area contributed by atoms with Crippen molar-refractivity contribution in [3.63, 3.8) is 0 Å². The molecule has 9 aromatic carbocycles. The van der Waals surface area contributed by atoms with Gasteiger partial charge in [-0.15, -0.1) is 0 Å². The first kappa shape index (κ1) is 27.3. The third-order valence-corrected chi connectivity index (χ3v) is 10.4. The maximum absolute atomic E-state index is 6.59. The number of para-hydroxylation sites is 2. The van der Waals surface area contributed by atoms with Crippen LogP contribution in [0, 0.1) is 0 Å². The molecule has 0 amide bonds. The zero-order valence-corrected chi connectivity index (χ0v) is 27.0. The lowest BCUT2D eigenvalue weighted by Gasteiger charge is -2.18. The molecule has 0 fully saturated rings. The summed E-state index contributed by atoms with van der Waals surface area (Å²) in [6.45, 7) is 0. The Morgan fingerprint density at radius 2 is 0.780 bits per heavy atom. The molecule has 2 aromatic heterocycles. The molecule has 50 heavy (non-hydrogen) atoms. The van der Waals surface area contributed by atoms with Crippen molar-refractivity contribution in [2.45, 2.75) is 0 Å². The van der Waals surface area contributed by atoms with Crippen LogP contribution in [0.3, 0.4) is 0 Å². The summed E-state index contributed by atoms with van der Waals surface area (Å²) in [5, 5.41) is 11.8. The fourth-order valence-corrected chi connectivity index (χ4v) is 8.24. The number of rotatable bonds is 3. The number of furan rings is 2. The lowest BCUT2D eigenvalue weighted by atomic mass is 9.85. The van der Waals surface area contributed by atoms with Gasteiger partial charge in [0.25, 0.3) is 0 Å². The molecule has 0 bridgehead atoms. The van der Waals surface area contributed by atoms with Gasteiger partial charge in [-0.05, 0) is 96.0 Å². The Morgan fingerprint density at radius 3 is 1.42 bits per heavy atom. The molecular formula is C48H28O2. The predicted molar refractivity (Wildman–Crippen MR) is 210 cm³/mol. The van der Waals surface area contributed by atoms with Gasteiger partial charge in [-0.2, -0.15) is 0 Å². The highest BCUT2D eigenvalue weighted by Gasteiger charge is 2.21. The van der Waals surface area contributed by atoms with E-state index in [1.165, 1.54) is 54.6 Å². The monoisotopic (exact) mass is 636 g/mol. The molecule has 0 aliphatic carbocycles. The summed E-state index contributed by atoms with van der Waals surface area (Å²) in [4.78, 5) is 0. The molecule has 0 spiro atoms. The Kier molecular flexibility index (Phi) is 5.70. The van der Waals surface area contributed by atoms with Crippen molar-refractivity contribution >= 4 is 76.2 Å². The van der Waals surface area contributed by atoms with Gasteiger partial charge in [0, 0.05) is 16.2 Å². The van der Waals surface area contributed by atoms with Gasteiger partial charge in [-0.25, -0.2) is 0 Å². The van der Waals surface area contributed by atoms with Gasteiger partial charge in [0.1, 0.15) is 22.3 Å². The van der Waals surface area contributed by atoms with E-state index in [2.05, 4.69) is 152 Å². The Balaban J connectivity index is 1.13. The lowest BCUT2D eigenvalue weighted by Crippen LogP contribution is -1.91. The summed E-state index contributed by atoms with van der Waals surface area (Å²) in [6, 6.07) is 60.9. The van der Waals surface area contributed by atoms with Crippen molar-refractivity contribution in [2.75, 3.05) is 0 Å². The maximum Gasteiger partial charge on any atom is 0.147 e. The summed E-state index contributed by atoms with van der Waals surface area (Å²) in [6.07, 6.45) is 0. The van der Waals surface area contributed by atoms with Gasteiger partial charge in [0.05, 0.1) is 5.39 Å². The van der Waals surface area contributed by atoms with E-state index in [0.29, 0.717) is 0 Å². The molecule has 11 rings (SSSR count). The van der Waals surface area contributed by atoms with Crippen LogP contribution in [-0.4, -0.2) is 0 Å². The molecule has 0 N–H and O–H groups in total. The molecule has 232 valence electrons. The van der Waals surface area contributed by atoms with Crippen LogP contribution in [-0.2, 0) is 0 Å². The van der Waals surface area contributed by atoms with Gasteiger partial charge in [0.2, 0.25) is 0 Å². The highest BCUT2D eigenvalue weighted by molar-refractivity contribution is 6.26. The van der Waals surface area contributed by atoms with Crippen LogP contribution in [0.4, 0.5) is 0 Å². The summed E-state index contributed by atoms with van der Waals surface area (Å²) in [5.74, 6) is 0. The standard InChI is InChI=1S/C48H28O2/c1-2-12-29(13-3-1)44-34-14-4-6-16-36(34)45(37-17-7-5-15-35(37)44)33-25-23-30-26-32(24-22-31(30)27-33)40-28-43-47(39-19-9-10-20-41(39)49-43)48-46(40)38-18-8-11-21-42(38)50-48/h1-28H. The van der Waals surface area contributed by atoms with E-state index in [1.807, 2.05) is 18.2 Å². The van der Waals surface area contributed by atoms with Crippen LogP contribution in [0.2, 0.25) is 0 Å². The van der Waals surface area contributed by atoms with E-state index in [1.54, 1.807) is 0 Å². The normalized spacial score (nSPS) is 12.0. The average Bonchev–Trinajstić information content (AvgIpc) is 3.75. The second-order valence-corrected chi connectivity index (χ2v) is 13.2. The van der Waals surface area contributed by atoms with Gasteiger partial charge < -0.3 is 8.83 Å². The lowest BCUT2D eigenvalue weighted by molar-refractivity contribution is 0.663. The number of hydrogen-bond acceptors (Lipinski definition) is 2. The Bertz CT molecular complexity index is 3080. The summed E-state index contributed by atoms with van der Waals surface area (Å²) in [7, 11) is 0. The molecular weight excluding hydrogens is 609 g/mol. The van der Waals surface area contributed by atoms with Crippen LogP contribution in [0.5, 0.6) is 0 Å². The molecule has 0 saturated carbocycles. The van der Waals surface area contributed by atoms with Gasteiger partial charge in [0.15, 0.2) is 0 Å². The van der Waals surface area contributed by atoms with E-state index >= 15 is 0 Å². The first-order valence-electron chi connectivity index (χ1n) is 17.1. The zero-order chi connectivity index (χ0) is 32.8. The largest absolute Gasteiger partial charge is 0.456 e. The minimum atomic E-state index is 0.834. The van der Waals surface area contributed by atoms with Gasteiger partial charge in [-0.1, -0.05) is 140 Å². The maximum atomic E-state index is 6.59. The second kappa shape index (κ2) is 10.4. The second-order valence-electron chi connectivity index (χ2n) is 13.2. The molecule has 2 nitrogen and oxygen atoms in total. The fourth-order valence-electron chi connectivity index (χ4n) is 8.24. The minimum absolute atomic E-state index is 0.834. The first-order valence-corrected chi connectivity index (χ1v) is 17.1. The van der Waals surface area contributed by atoms with Crippen LogP contribution in [0.15, 0.2) is 179 Å². The smallest absolute Gasteiger partial charge is 0.147 e. The third kappa shape index (κ3) is 3.90. The molecule has 11 aromatic rings. The quantitative estimate of drug-likeness (QED) is 0.180. The van der Waals surface area contributed by atoms with Crippen molar-refractivity contribution in [1.29, 1.82) is 0 Å². The van der Waals surface area contributed by atoms with E-state index in [9.17, 15) is 0 Å². The first-order chi connectivity index (χ1) is 24.8. The molecule has 2 heterocycles. The van der Waals surface area contributed by atoms with Crippen LogP contribution < -0.4 is 0 Å². The van der Waals surface area contributed by atoms with E-state index in [-0.39, 0.29) is 0 Å². The van der Waals surface area contributed by atoms with E-state index in [4.69, 9.17) is 8.83 Å². The third-order valence-electron chi connectivity index (χ3n) is 10.4. The van der Waals surface area contributed by atoms with Gasteiger partial charge >= 0.3 is 0 Å². The zero-order valence-electron chi connectivity index (χ0n) is 27.0. The predicted octanol–water partition coefficient (Wildman–Crippen LogP) is 13.9. The Hall–Kier alpha value is -6.64. The topological polar surface area (TPSA) is 26.3 Å². The molecule has 0 unspecified atom stereocenters.